The van der Waals surface area contributed by atoms with E-state index in [4.69, 9.17) is 18.6 Å². The fourth-order valence-electron chi connectivity index (χ4n) is 3.10. The van der Waals surface area contributed by atoms with Gasteiger partial charge < -0.3 is 18.6 Å². The molecule has 0 saturated carbocycles. The number of nitrogens with zero attached hydrogens (tertiary/aromatic N) is 1. The normalized spacial score (nSPS) is 12.7. The number of hydrogen-bond acceptors (Lipinski definition) is 6. The van der Waals surface area contributed by atoms with Crippen LogP contribution in [0.15, 0.2) is 53.1 Å². The first-order valence-corrected chi connectivity index (χ1v) is 8.05. The molecule has 0 spiro atoms. The lowest BCUT2D eigenvalue weighted by atomic mass is 10.1. The topological polar surface area (TPSA) is 61.1 Å². The van der Waals surface area contributed by atoms with E-state index in [2.05, 4.69) is 0 Å². The number of fused-ring (bicyclic) bond motifs is 2. The number of carbonyl (C=O) groups excluding carboxylic acids is 1. The zero-order valence-electron chi connectivity index (χ0n) is 14.6. The standard InChI is InChI=1S/C20H17NO5/c1-12-10-16(23-2)18(17(11-12)24-3)21-14-7-5-4-6-13(14)20(22)26-15-8-9-25-19(15)21/h4-11H,1-3H3. The molecule has 132 valence electrons. The van der Waals surface area contributed by atoms with E-state index in [1.807, 2.05) is 31.2 Å². The first-order valence-electron chi connectivity index (χ1n) is 8.05. The molecule has 1 aliphatic rings. The number of carbonyl (C=O) groups is 1. The minimum absolute atomic E-state index is 0.330. The van der Waals surface area contributed by atoms with Crippen molar-refractivity contribution in [2.75, 3.05) is 19.1 Å². The van der Waals surface area contributed by atoms with Gasteiger partial charge in [-0.15, -0.1) is 0 Å². The molecule has 0 saturated heterocycles. The maximum Gasteiger partial charge on any atom is 0.345 e. The molecule has 2 aromatic carbocycles. The van der Waals surface area contributed by atoms with Crippen molar-refractivity contribution < 1.29 is 23.4 Å². The Hall–Kier alpha value is -3.41. The second-order valence-electron chi connectivity index (χ2n) is 5.85. The summed E-state index contributed by atoms with van der Waals surface area (Å²) in [5, 5.41) is 0. The quantitative estimate of drug-likeness (QED) is 0.642. The van der Waals surface area contributed by atoms with Crippen molar-refractivity contribution in [2.24, 2.45) is 0 Å². The highest BCUT2D eigenvalue weighted by Gasteiger charge is 2.33. The zero-order valence-corrected chi connectivity index (χ0v) is 14.6. The summed E-state index contributed by atoms with van der Waals surface area (Å²) in [6.07, 6.45) is 1.48. The third kappa shape index (κ3) is 2.38. The van der Waals surface area contributed by atoms with Gasteiger partial charge in [0.1, 0.15) is 17.2 Å². The molecule has 0 N–H and O–H groups in total. The Kier molecular flexibility index (Phi) is 3.80. The van der Waals surface area contributed by atoms with Gasteiger partial charge in [0.2, 0.25) is 5.88 Å². The number of furan rings is 1. The monoisotopic (exact) mass is 351 g/mol. The highest BCUT2D eigenvalue weighted by Crippen LogP contribution is 2.51. The van der Waals surface area contributed by atoms with E-state index in [0.717, 1.165) is 5.56 Å². The summed E-state index contributed by atoms with van der Waals surface area (Å²) >= 11 is 0. The predicted molar refractivity (Wildman–Crippen MR) is 96.2 cm³/mol. The lowest BCUT2D eigenvalue weighted by Crippen LogP contribution is -2.14. The van der Waals surface area contributed by atoms with Gasteiger partial charge in [0.25, 0.3) is 0 Å². The average molecular weight is 351 g/mol. The number of anilines is 3. The maximum atomic E-state index is 12.6. The largest absolute Gasteiger partial charge is 0.494 e. The number of esters is 1. The van der Waals surface area contributed by atoms with Crippen LogP contribution in [0.2, 0.25) is 0 Å². The zero-order chi connectivity index (χ0) is 18.3. The molecule has 2 heterocycles. The molecular formula is C20H17NO5. The summed E-state index contributed by atoms with van der Waals surface area (Å²) in [5.74, 6) is 1.44. The van der Waals surface area contributed by atoms with Crippen LogP contribution in [0.3, 0.4) is 0 Å². The van der Waals surface area contributed by atoms with Crippen LogP contribution < -0.4 is 19.1 Å². The molecular weight excluding hydrogens is 334 g/mol. The van der Waals surface area contributed by atoms with Crippen LogP contribution in [0.25, 0.3) is 0 Å². The molecule has 0 amide bonds. The number of ether oxygens (including phenoxy) is 3. The highest BCUT2D eigenvalue weighted by atomic mass is 16.5. The van der Waals surface area contributed by atoms with Crippen LogP contribution in [-0.2, 0) is 0 Å². The van der Waals surface area contributed by atoms with Crippen molar-refractivity contribution >= 4 is 23.2 Å². The minimum atomic E-state index is -0.448. The van der Waals surface area contributed by atoms with E-state index in [1.165, 1.54) is 6.26 Å². The van der Waals surface area contributed by atoms with Gasteiger partial charge in [0.15, 0.2) is 5.75 Å². The summed E-state index contributed by atoms with van der Waals surface area (Å²) in [4.78, 5) is 14.3. The van der Waals surface area contributed by atoms with Gasteiger partial charge >= 0.3 is 5.97 Å². The molecule has 3 aromatic rings. The average Bonchev–Trinajstić information content (AvgIpc) is 3.06. The molecule has 1 aromatic heterocycles. The summed E-state index contributed by atoms with van der Waals surface area (Å²) < 4.78 is 22.4. The second-order valence-corrected chi connectivity index (χ2v) is 5.85. The summed E-state index contributed by atoms with van der Waals surface area (Å²) in [7, 11) is 3.18. The smallest absolute Gasteiger partial charge is 0.345 e. The number of rotatable bonds is 3. The van der Waals surface area contributed by atoms with Crippen molar-refractivity contribution in [1.82, 2.24) is 0 Å². The number of para-hydroxylation sites is 1. The van der Waals surface area contributed by atoms with E-state index in [9.17, 15) is 4.79 Å². The van der Waals surface area contributed by atoms with E-state index in [0.29, 0.717) is 40.1 Å². The Morgan fingerprint density at radius 2 is 1.69 bits per heavy atom. The molecule has 1 aliphatic heterocycles. The third-order valence-electron chi connectivity index (χ3n) is 4.23. The number of benzene rings is 2. The van der Waals surface area contributed by atoms with Gasteiger partial charge in [-0.3, -0.25) is 4.90 Å². The van der Waals surface area contributed by atoms with Gasteiger partial charge in [0, 0.05) is 6.07 Å². The fraction of sp³-hybridized carbons (Fsp3) is 0.150. The third-order valence-corrected chi connectivity index (χ3v) is 4.23. The molecule has 0 atom stereocenters. The predicted octanol–water partition coefficient (Wildman–Crippen LogP) is 4.61. The van der Waals surface area contributed by atoms with Crippen LogP contribution in [0, 0.1) is 6.92 Å². The molecule has 0 bridgehead atoms. The van der Waals surface area contributed by atoms with E-state index < -0.39 is 5.97 Å². The Bertz CT molecular complexity index is 966. The fourth-order valence-corrected chi connectivity index (χ4v) is 3.10. The highest BCUT2D eigenvalue weighted by molar-refractivity contribution is 6.03. The molecule has 6 heteroatoms. The minimum Gasteiger partial charge on any atom is -0.494 e. The SMILES string of the molecule is COc1cc(C)cc(OC)c1N1c2ccccc2C(=O)Oc2ccoc21. The van der Waals surface area contributed by atoms with Crippen LogP contribution in [0.1, 0.15) is 15.9 Å². The van der Waals surface area contributed by atoms with Crippen molar-refractivity contribution in [1.29, 1.82) is 0 Å². The van der Waals surface area contributed by atoms with Crippen molar-refractivity contribution in [3.8, 4) is 17.2 Å². The van der Waals surface area contributed by atoms with E-state index >= 15 is 0 Å². The Morgan fingerprint density at radius 3 is 2.38 bits per heavy atom. The number of hydrogen-bond donors (Lipinski definition) is 0. The van der Waals surface area contributed by atoms with Crippen LogP contribution >= 0.6 is 0 Å². The molecule has 0 radical (unpaired) electrons. The van der Waals surface area contributed by atoms with Gasteiger partial charge in [-0.25, -0.2) is 4.79 Å². The summed E-state index contributed by atoms with van der Waals surface area (Å²) in [5.41, 5.74) is 2.65. The molecule has 4 rings (SSSR count). The van der Waals surface area contributed by atoms with Crippen LogP contribution in [0.5, 0.6) is 17.2 Å². The molecule has 0 unspecified atom stereocenters. The van der Waals surface area contributed by atoms with Crippen LogP contribution in [-0.4, -0.2) is 20.2 Å². The molecule has 26 heavy (non-hydrogen) atoms. The van der Waals surface area contributed by atoms with E-state index in [-0.39, 0.29) is 0 Å². The second kappa shape index (κ2) is 6.15. The van der Waals surface area contributed by atoms with Gasteiger partial charge in [-0.1, -0.05) is 12.1 Å². The van der Waals surface area contributed by atoms with Gasteiger partial charge in [-0.05, 0) is 36.8 Å². The van der Waals surface area contributed by atoms with Crippen molar-refractivity contribution in [3.05, 3.63) is 59.9 Å². The van der Waals surface area contributed by atoms with E-state index in [1.54, 1.807) is 37.3 Å². The van der Waals surface area contributed by atoms with Gasteiger partial charge in [-0.2, -0.15) is 0 Å². The Morgan fingerprint density at radius 1 is 1.00 bits per heavy atom. The Labute approximate surface area is 150 Å². The van der Waals surface area contributed by atoms with Crippen molar-refractivity contribution in [2.45, 2.75) is 6.92 Å². The summed E-state index contributed by atoms with van der Waals surface area (Å²) in [6, 6.07) is 12.6. The number of aryl methyl sites for hydroxylation is 1. The first kappa shape index (κ1) is 16.1. The summed E-state index contributed by atoms with van der Waals surface area (Å²) in [6.45, 7) is 1.95. The maximum absolute atomic E-state index is 12.6. The lowest BCUT2D eigenvalue weighted by Gasteiger charge is -2.26. The Balaban J connectivity index is 2.07. The first-order chi connectivity index (χ1) is 12.6. The molecule has 0 fully saturated rings. The van der Waals surface area contributed by atoms with Gasteiger partial charge in [0.05, 0.1) is 31.7 Å². The van der Waals surface area contributed by atoms with Crippen molar-refractivity contribution in [3.63, 3.8) is 0 Å². The van der Waals surface area contributed by atoms with Crippen LogP contribution in [0.4, 0.5) is 17.3 Å². The number of methoxy groups -OCH3 is 2. The molecule has 0 aliphatic carbocycles. The molecule has 6 nitrogen and oxygen atoms in total. The lowest BCUT2D eigenvalue weighted by molar-refractivity contribution is 0.0738.